The Hall–Kier alpha value is -2.27. The first-order chi connectivity index (χ1) is 11.7. The van der Waals surface area contributed by atoms with E-state index in [-0.39, 0.29) is 5.97 Å². The van der Waals surface area contributed by atoms with E-state index >= 15 is 0 Å². The molecule has 0 bridgehead atoms. The highest BCUT2D eigenvalue weighted by Gasteiger charge is 2.07. The van der Waals surface area contributed by atoms with Crippen LogP contribution in [0.25, 0.3) is 11.0 Å². The number of H-pyrrole nitrogens is 1. The lowest BCUT2D eigenvalue weighted by Gasteiger charge is -2.01. The van der Waals surface area contributed by atoms with Gasteiger partial charge < -0.3 is 9.72 Å². The van der Waals surface area contributed by atoms with Crippen LogP contribution in [0.1, 0.15) is 24.5 Å². The molecule has 0 aliphatic rings. The number of thioether (sulfide) groups is 1. The van der Waals surface area contributed by atoms with Crippen LogP contribution in [0.5, 0.6) is 0 Å². The number of nitrogens with zero attached hydrogens (tertiary/aromatic N) is 1. The number of hydrogen-bond acceptors (Lipinski definition) is 4. The summed E-state index contributed by atoms with van der Waals surface area (Å²) < 4.78 is 4.93. The molecular formula is C19H20N2O2S. The summed E-state index contributed by atoms with van der Waals surface area (Å²) in [6.45, 7) is 2.25. The molecule has 0 saturated heterocycles. The van der Waals surface area contributed by atoms with Gasteiger partial charge in [-0.3, -0.25) is 4.79 Å². The second-order valence-electron chi connectivity index (χ2n) is 5.46. The number of esters is 1. The summed E-state index contributed by atoms with van der Waals surface area (Å²) in [6, 6.07) is 16.7. The molecule has 0 fully saturated rings. The Morgan fingerprint density at radius 3 is 2.79 bits per heavy atom. The van der Waals surface area contributed by atoms with Gasteiger partial charge in [0.1, 0.15) is 0 Å². The molecule has 5 heteroatoms. The molecule has 1 N–H and O–H groups in total. The van der Waals surface area contributed by atoms with E-state index < -0.39 is 0 Å². The van der Waals surface area contributed by atoms with E-state index in [9.17, 15) is 4.79 Å². The molecule has 0 aliphatic heterocycles. The Labute approximate surface area is 145 Å². The van der Waals surface area contributed by atoms with Gasteiger partial charge in [0.2, 0.25) is 0 Å². The number of hydrogen-bond donors (Lipinski definition) is 1. The monoisotopic (exact) mass is 340 g/mol. The topological polar surface area (TPSA) is 55.0 Å². The number of aromatic amines is 1. The van der Waals surface area contributed by atoms with Crippen molar-refractivity contribution in [3.8, 4) is 0 Å². The maximum atomic E-state index is 11.4. The fraction of sp³-hybridized carbons (Fsp3) is 0.263. The third kappa shape index (κ3) is 4.38. The van der Waals surface area contributed by atoms with Crippen LogP contribution in [0.15, 0.2) is 53.7 Å². The first-order valence-corrected chi connectivity index (χ1v) is 9.04. The molecule has 3 aromatic rings. The molecule has 4 nitrogen and oxygen atoms in total. The first kappa shape index (κ1) is 16.6. The van der Waals surface area contributed by atoms with E-state index in [0.29, 0.717) is 18.8 Å². The third-order valence-corrected chi connectivity index (χ3v) is 4.50. The quantitative estimate of drug-likeness (QED) is 0.517. The van der Waals surface area contributed by atoms with Gasteiger partial charge in [-0.2, -0.15) is 0 Å². The van der Waals surface area contributed by atoms with Crippen molar-refractivity contribution in [3.63, 3.8) is 0 Å². The van der Waals surface area contributed by atoms with Gasteiger partial charge >= 0.3 is 5.97 Å². The zero-order chi connectivity index (χ0) is 16.8. The Bertz CT molecular complexity index is 815. The predicted octanol–water partition coefficient (Wildman–Crippen LogP) is 4.20. The van der Waals surface area contributed by atoms with Crippen LogP contribution in [-0.4, -0.2) is 28.3 Å². The minimum atomic E-state index is -0.161. The zero-order valence-corrected chi connectivity index (χ0v) is 14.4. The minimum absolute atomic E-state index is 0.161. The van der Waals surface area contributed by atoms with Crippen LogP contribution in [-0.2, 0) is 16.0 Å². The number of ether oxygens (including phenoxy) is 1. The smallest absolute Gasteiger partial charge is 0.306 e. The van der Waals surface area contributed by atoms with Crippen LogP contribution in [0.3, 0.4) is 0 Å². The highest BCUT2D eigenvalue weighted by molar-refractivity contribution is 7.99. The number of imidazole rings is 1. The summed E-state index contributed by atoms with van der Waals surface area (Å²) in [6.07, 6.45) is 1.30. The summed E-state index contributed by atoms with van der Waals surface area (Å²) >= 11 is 1.54. The van der Waals surface area contributed by atoms with E-state index in [4.69, 9.17) is 4.74 Å². The molecule has 0 atom stereocenters. The number of rotatable bonds is 7. The number of nitrogens with one attached hydrogen (secondary N) is 1. The van der Waals surface area contributed by atoms with Crippen LogP contribution in [0, 0.1) is 0 Å². The lowest BCUT2D eigenvalue weighted by atomic mass is 10.0. The maximum Gasteiger partial charge on any atom is 0.306 e. The van der Waals surface area contributed by atoms with Gasteiger partial charge in [-0.1, -0.05) is 48.2 Å². The van der Waals surface area contributed by atoms with Gasteiger partial charge in [-0.05, 0) is 36.6 Å². The molecule has 3 rings (SSSR count). The van der Waals surface area contributed by atoms with Gasteiger partial charge in [-0.15, -0.1) is 0 Å². The fourth-order valence-corrected chi connectivity index (χ4v) is 3.31. The molecule has 1 heterocycles. The lowest BCUT2D eigenvalue weighted by Crippen LogP contribution is -2.04. The molecule has 0 saturated carbocycles. The Kier molecular flexibility index (Phi) is 5.54. The van der Waals surface area contributed by atoms with Gasteiger partial charge in [0.15, 0.2) is 5.16 Å². The number of carbonyl (C=O) groups excluding carboxylic acids is 1. The Morgan fingerprint density at radius 2 is 2.00 bits per heavy atom. The number of carbonyl (C=O) groups is 1. The van der Waals surface area contributed by atoms with Crippen LogP contribution in [0.2, 0.25) is 0 Å². The molecule has 0 unspecified atom stereocenters. The van der Waals surface area contributed by atoms with Crippen molar-refractivity contribution in [1.82, 2.24) is 9.97 Å². The van der Waals surface area contributed by atoms with Crippen molar-refractivity contribution >= 4 is 28.8 Å². The third-order valence-electron chi connectivity index (χ3n) is 3.63. The average molecular weight is 340 g/mol. The lowest BCUT2D eigenvalue weighted by molar-refractivity contribution is -0.142. The van der Waals surface area contributed by atoms with E-state index in [0.717, 1.165) is 22.6 Å². The van der Waals surface area contributed by atoms with Crippen LogP contribution in [0.4, 0.5) is 0 Å². The average Bonchev–Trinajstić information content (AvgIpc) is 2.98. The summed E-state index contributed by atoms with van der Waals surface area (Å²) in [4.78, 5) is 19.3. The van der Waals surface area contributed by atoms with Gasteiger partial charge in [-0.25, -0.2) is 4.98 Å². The van der Waals surface area contributed by atoms with Crippen molar-refractivity contribution in [2.24, 2.45) is 0 Å². The Balaban J connectivity index is 1.64. The standard InChI is InChI=1S/C19H20N2O2S/c1-2-23-18(22)10-11-24-19-20-16-9-8-15(13-17(16)21-19)12-14-6-4-3-5-7-14/h3-9,13H,2,10-12H2,1H3,(H,20,21). The van der Waals surface area contributed by atoms with Crippen LogP contribution < -0.4 is 0 Å². The number of aromatic nitrogens is 2. The van der Waals surface area contributed by atoms with Gasteiger partial charge in [0.05, 0.1) is 24.1 Å². The van der Waals surface area contributed by atoms with Crippen molar-refractivity contribution < 1.29 is 9.53 Å². The van der Waals surface area contributed by atoms with Crippen molar-refractivity contribution in [1.29, 1.82) is 0 Å². The fourth-order valence-electron chi connectivity index (χ4n) is 2.50. The highest BCUT2D eigenvalue weighted by atomic mass is 32.2. The molecule has 0 spiro atoms. The zero-order valence-electron chi connectivity index (χ0n) is 13.6. The molecular weight excluding hydrogens is 320 g/mol. The van der Waals surface area contributed by atoms with E-state index in [1.54, 1.807) is 11.8 Å². The maximum absolute atomic E-state index is 11.4. The molecule has 124 valence electrons. The Morgan fingerprint density at radius 1 is 1.17 bits per heavy atom. The largest absolute Gasteiger partial charge is 0.466 e. The van der Waals surface area contributed by atoms with Gasteiger partial charge in [0, 0.05) is 5.75 Å². The molecule has 1 aromatic heterocycles. The minimum Gasteiger partial charge on any atom is -0.466 e. The molecule has 24 heavy (non-hydrogen) atoms. The first-order valence-electron chi connectivity index (χ1n) is 8.05. The molecule has 0 radical (unpaired) electrons. The van der Waals surface area contributed by atoms with E-state index in [1.165, 1.54) is 11.1 Å². The summed E-state index contributed by atoms with van der Waals surface area (Å²) in [5.41, 5.74) is 4.51. The second-order valence-corrected chi connectivity index (χ2v) is 6.54. The highest BCUT2D eigenvalue weighted by Crippen LogP contribution is 2.22. The van der Waals surface area contributed by atoms with Crippen LogP contribution >= 0.6 is 11.8 Å². The molecule has 2 aromatic carbocycles. The van der Waals surface area contributed by atoms with Crippen molar-refractivity contribution in [3.05, 3.63) is 59.7 Å². The summed E-state index contributed by atoms with van der Waals surface area (Å²) in [7, 11) is 0. The van der Waals surface area contributed by atoms with Gasteiger partial charge in [0.25, 0.3) is 0 Å². The number of fused-ring (bicyclic) bond motifs is 1. The summed E-state index contributed by atoms with van der Waals surface area (Å²) in [5, 5.41) is 0.839. The second kappa shape index (κ2) is 8.02. The summed E-state index contributed by atoms with van der Waals surface area (Å²) in [5.74, 6) is 0.501. The predicted molar refractivity (Wildman–Crippen MR) is 97.3 cm³/mol. The molecule has 0 amide bonds. The van der Waals surface area contributed by atoms with Crippen molar-refractivity contribution in [2.75, 3.05) is 12.4 Å². The van der Waals surface area contributed by atoms with Crippen molar-refractivity contribution in [2.45, 2.75) is 24.9 Å². The number of benzene rings is 2. The SMILES string of the molecule is CCOC(=O)CCSc1nc2cc(Cc3ccccc3)ccc2[nH]1. The normalized spacial score (nSPS) is 10.9. The van der Waals surface area contributed by atoms with E-state index in [1.807, 2.05) is 13.0 Å². The van der Waals surface area contributed by atoms with E-state index in [2.05, 4.69) is 52.4 Å². The molecule has 0 aliphatic carbocycles.